The molecule has 58 heavy (non-hydrogen) atoms. The number of nitro groups is 2. The van der Waals surface area contributed by atoms with Crippen LogP contribution in [-0.2, 0) is 32.2 Å². The second-order valence-corrected chi connectivity index (χ2v) is 13.3. The van der Waals surface area contributed by atoms with Gasteiger partial charge in [0.25, 0.3) is 17.2 Å². The number of phenols is 2. The third-order valence-corrected chi connectivity index (χ3v) is 9.62. The Morgan fingerprint density at radius 1 is 0.638 bits per heavy atom. The molecule has 2 saturated heterocycles. The molecule has 3 heterocycles. The number of likely N-dealkylation sites (tertiary alicyclic amines) is 2. The van der Waals surface area contributed by atoms with Crippen LogP contribution in [0.4, 0.5) is 21.0 Å². The molecule has 2 N–H and O–H groups in total. The van der Waals surface area contributed by atoms with Crippen molar-refractivity contribution in [1.29, 1.82) is 0 Å². The van der Waals surface area contributed by atoms with Crippen LogP contribution in [-0.4, -0.2) is 94.0 Å². The topological polar surface area (TPSA) is 223 Å². The summed E-state index contributed by atoms with van der Waals surface area (Å²) in [6, 6.07) is 26.5. The lowest BCUT2D eigenvalue weighted by molar-refractivity contribution is -0.385. The van der Waals surface area contributed by atoms with E-state index in [0.29, 0.717) is 70.0 Å². The number of carbonyl (C=O) groups excluding carboxylic acids is 2. The molecule has 0 atom stereocenters. The highest BCUT2D eigenvalue weighted by Crippen LogP contribution is 2.45. The molecule has 18 heteroatoms. The summed E-state index contributed by atoms with van der Waals surface area (Å²) in [4.78, 5) is 47.4. The summed E-state index contributed by atoms with van der Waals surface area (Å²) in [6.07, 6.45) is 1.56. The average Bonchev–Trinajstić information content (AvgIpc) is 3.61. The fourth-order valence-electron chi connectivity index (χ4n) is 6.20. The van der Waals surface area contributed by atoms with E-state index in [4.69, 9.17) is 38.6 Å². The van der Waals surface area contributed by atoms with Crippen LogP contribution in [0.1, 0.15) is 36.8 Å². The molecule has 18 nitrogen and oxygen atoms in total. The van der Waals surface area contributed by atoms with Crippen LogP contribution in [0.3, 0.4) is 0 Å². The van der Waals surface area contributed by atoms with Crippen molar-refractivity contribution in [2.75, 3.05) is 40.4 Å². The first-order valence-corrected chi connectivity index (χ1v) is 18.2. The minimum Gasteiger partial charge on any atom is -0.504 e. The molecule has 2 fully saturated rings. The van der Waals surface area contributed by atoms with Gasteiger partial charge in [-0.15, -0.1) is 0 Å². The van der Waals surface area contributed by atoms with E-state index in [1.165, 1.54) is 12.1 Å². The summed E-state index contributed by atoms with van der Waals surface area (Å²) in [5, 5.41) is 38.5. The van der Waals surface area contributed by atoms with Crippen LogP contribution in [0.5, 0.6) is 23.0 Å². The molecular weight excluding hydrogens is 760 g/mol. The summed E-state index contributed by atoms with van der Waals surface area (Å²) in [7, 11) is 3.26. The average molecular weight is 805 g/mol. The van der Waals surface area contributed by atoms with Crippen molar-refractivity contribution in [3.63, 3.8) is 0 Å². The maximum atomic E-state index is 12.3. The van der Waals surface area contributed by atoms with Gasteiger partial charge in [0.2, 0.25) is 0 Å². The number of carbonyl (C=O) groups is 2. The first-order chi connectivity index (χ1) is 27.8. The lowest BCUT2D eigenvalue weighted by Gasteiger charge is -2.39. The van der Waals surface area contributed by atoms with Gasteiger partial charge in [0.05, 0.1) is 22.0 Å². The molecular formula is C40H44N4O14. The van der Waals surface area contributed by atoms with E-state index in [1.807, 2.05) is 60.7 Å². The predicted molar refractivity (Wildman–Crippen MR) is 205 cm³/mol. The molecule has 0 aliphatic carbocycles. The van der Waals surface area contributed by atoms with E-state index in [0.717, 1.165) is 29.3 Å². The van der Waals surface area contributed by atoms with Gasteiger partial charge in [0, 0.05) is 78.2 Å². The van der Waals surface area contributed by atoms with Crippen molar-refractivity contribution >= 4 is 23.6 Å². The summed E-state index contributed by atoms with van der Waals surface area (Å²) in [6.45, 7) is 2.53. The smallest absolute Gasteiger partial charge is 0.410 e. The number of methoxy groups -OCH3 is 2. The van der Waals surface area contributed by atoms with E-state index < -0.39 is 27.2 Å². The van der Waals surface area contributed by atoms with Gasteiger partial charge >= 0.3 is 12.2 Å². The Balaban J connectivity index is 0.000000181. The summed E-state index contributed by atoms with van der Waals surface area (Å²) < 4.78 is 33.2. The van der Waals surface area contributed by atoms with Gasteiger partial charge in [0.1, 0.15) is 13.2 Å². The number of piperidine rings is 2. The van der Waals surface area contributed by atoms with Crippen molar-refractivity contribution in [3.8, 4) is 23.0 Å². The Kier molecular flexibility index (Phi) is 14.3. The van der Waals surface area contributed by atoms with Gasteiger partial charge < -0.3 is 48.4 Å². The highest BCUT2D eigenvalue weighted by molar-refractivity contribution is 5.68. The number of nitrogens with zero attached hydrogens (tertiary/aromatic N) is 4. The lowest BCUT2D eigenvalue weighted by atomic mass is 10.0. The lowest BCUT2D eigenvalue weighted by Crippen LogP contribution is -2.51. The molecule has 0 aromatic heterocycles. The monoisotopic (exact) mass is 804 g/mol. The molecule has 4 aromatic carbocycles. The standard InChI is InChI=1S/C19H18N2O6.C15H21NO4.C6H5NO4/c22-18(25-13-14-4-2-1-3-5-14)20-10-8-19(9-11-20)26-16-7-6-15(21(23)24)12-17(16)27-19;1-18-15(19-2)8-10-16(11-9-15)14(17)20-12-13-6-4-3-5-7-13;8-5-2-1-4(7(10)11)3-6(5)9/h1-7,12H,8-11,13H2;3-7H,8-12H2,1-2H3;1-3,8-9H. The van der Waals surface area contributed by atoms with Gasteiger partial charge in [-0.05, 0) is 23.3 Å². The van der Waals surface area contributed by atoms with E-state index in [9.17, 15) is 29.8 Å². The summed E-state index contributed by atoms with van der Waals surface area (Å²) in [5.41, 5.74) is 1.62. The number of hydrogen-bond acceptors (Lipinski definition) is 14. The van der Waals surface area contributed by atoms with E-state index >= 15 is 0 Å². The number of amides is 2. The first-order valence-electron chi connectivity index (χ1n) is 18.2. The molecule has 3 aliphatic rings. The quantitative estimate of drug-likeness (QED) is 0.0800. The van der Waals surface area contributed by atoms with Crippen LogP contribution >= 0.6 is 0 Å². The number of benzene rings is 4. The third kappa shape index (κ3) is 11.2. The van der Waals surface area contributed by atoms with Gasteiger partial charge in [0.15, 0.2) is 28.8 Å². The predicted octanol–water partition coefficient (Wildman–Crippen LogP) is 6.91. The SMILES string of the molecule is COC1(OC)CCN(C(=O)OCc2ccccc2)CC1.O=C(OCc1ccccc1)N1CCC2(CC1)Oc1ccc([N+](=O)[O-])cc1O2.O=[N+]([O-])c1ccc(O)c(O)c1. The fourth-order valence-corrected chi connectivity index (χ4v) is 6.20. The molecule has 7 rings (SSSR count). The number of nitro benzene ring substituents is 2. The zero-order valence-corrected chi connectivity index (χ0v) is 31.9. The molecule has 308 valence electrons. The minimum absolute atomic E-state index is 0.0451. The van der Waals surface area contributed by atoms with Gasteiger partial charge in [-0.3, -0.25) is 20.2 Å². The number of phenolic OH excluding ortho intramolecular Hbond substituents is 2. The molecule has 0 unspecified atom stereocenters. The Bertz CT molecular complexity index is 2010. The van der Waals surface area contributed by atoms with Crippen LogP contribution in [0.2, 0.25) is 0 Å². The van der Waals surface area contributed by atoms with E-state index in [1.54, 1.807) is 30.1 Å². The molecule has 0 saturated carbocycles. The number of non-ortho nitro benzene ring substituents is 2. The third-order valence-electron chi connectivity index (χ3n) is 9.62. The maximum absolute atomic E-state index is 12.3. The van der Waals surface area contributed by atoms with Gasteiger partial charge in [-0.1, -0.05) is 60.7 Å². The Morgan fingerprint density at radius 3 is 1.55 bits per heavy atom. The van der Waals surface area contributed by atoms with Gasteiger partial charge in [-0.2, -0.15) is 0 Å². The van der Waals surface area contributed by atoms with E-state index in [-0.39, 0.29) is 35.9 Å². The zero-order chi connectivity index (χ0) is 41.7. The Morgan fingerprint density at radius 2 is 1.09 bits per heavy atom. The summed E-state index contributed by atoms with van der Waals surface area (Å²) in [5.74, 6) is -1.44. The summed E-state index contributed by atoms with van der Waals surface area (Å²) >= 11 is 0. The van der Waals surface area contributed by atoms with Crippen molar-refractivity contribution in [2.24, 2.45) is 0 Å². The molecule has 2 amide bonds. The van der Waals surface area contributed by atoms with Crippen molar-refractivity contribution in [1.82, 2.24) is 9.80 Å². The number of fused-ring (bicyclic) bond motifs is 1. The highest BCUT2D eigenvalue weighted by atomic mass is 16.7. The molecule has 0 radical (unpaired) electrons. The Hall–Kier alpha value is -6.66. The van der Waals surface area contributed by atoms with Crippen LogP contribution < -0.4 is 9.47 Å². The second kappa shape index (κ2) is 19.5. The normalized spacial score (nSPS) is 15.8. The molecule has 0 bridgehead atoms. The zero-order valence-electron chi connectivity index (χ0n) is 31.9. The minimum atomic E-state index is -0.881. The largest absolute Gasteiger partial charge is 0.504 e. The molecule has 4 aromatic rings. The Labute approximate surface area is 333 Å². The number of ether oxygens (including phenoxy) is 6. The number of rotatable bonds is 8. The van der Waals surface area contributed by atoms with Crippen LogP contribution in [0.15, 0.2) is 97.1 Å². The second-order valence-electron chi connectivity index (χ2n) is 13.3. The number of hydrogen-bond donors (Lipinski definition) is 2. The molecule has 1 spiro atoms. The van der Waals surface area contributed by atoms with Crippen molar-refractivity contribution < 1.29 is 58.1 Å². The molecule has 3 aliphatic heterocycles. The van der Waals surface area contributed by atoms with E-state index in [2.05, 4.69) is 0 Å². The van der Waals surface area contributed by atoms with Crippen LogP contribution in [0.25, 0.3) is 0 Å². The van der Waals surface area contributed by atoms with Crippen molar-refractivity contribution in [2.45, 2.75) is 50.5 Å². The highest BCUT2D eigenvalue weighted by Gasteiger charge is 2.46. The number of aromatic hydroxyl groups is 2. The first kappa shape index (κ1) is 42.5. The fraction of sp³-hybridized carbons (Fsp3) is 0.350. The van der Waals surface area contributed by atoms with Crippen molar-refractivity contribution in [3.05, 3.63) is 128 Å². The van der Waals surface area contributed by atoms with Crippen LogP contribution in [0, 0.1) is 20.2 Å². The maximum Gasteiger partial charge on any atom is 0.410 e. The van der Waals surface area contributed by atoms with Gasteiger partial charge in [-0.25, -0.2) is 9.59 Å².